The lowest BCUT2D eigenvalue weighted by Crippen LogP contribution is -2.52. The molecule has 3 heterocycles. The zero-order valence-corrected chi connectivity index (χ0v) is 18.0. The van der Waals surface area contributed by atoms with Crippen LogP contribution in [0.3, 0.4) is 0 Å². The van der Waals surface area contributed by atoms with Crippen LogP contribution >= 0.6 is 0 Å². The molecular formula is C22H29N3O4S. The Hall–Kier alpha value is -2.35. The van der Waals surface area contributed by atoms with E-state index < -0.39 is 15.3 Å². The van der Waals surface area contributed by atoms with E-state index in [2.05, 4.69) is 6.58 Å². The number of anilines is 1. The fourth-order valence-electron chi connectivity index (χ4n) is 4.87. The largest absolute Gasteiger partial charge is 0.341 e. The molecule has 0 saturated carbocycles. The fourth-order valence-corrected chi connectivity index (χ4v) is 6.86. The monoisotopic (exact) mass is 431 g/mol. The highest BCUT2D eigenvalue weighted by atomic mass is 32.2. The van der Waals surface area contributed by atoms with Crippen LogP contribution < -0.4 is 4.31 Å². The van der Waals surface area contributed by atoms with Crippen LogP contribution in [0.5, 0.6) is 0 Å². The van der Waals surface area contributed by atoms with Crippen molar-refractivity contribution in [2.45, 2.75) is 37.4 Å². The van der Waals surface area contributed by atoms with Gasteiger partial charge in [0, 0.05) is 38.6 Å². The Morgan fingerprint density at radius 2 is 1.73 bits per heavy atom. The van der Waals surface area contributed by atoms with Crippen LogP contribution in [0.1, 0.15) is 31.2 Å². The van der Waals surface area contributed by atoms with Crippen molar-refractivity contribution in [3.05, 3.63) is 42.5 Å². The van der Waals surface area contributed by atoms with E-state index in [0.29, 0.717) is 51.9 Å². The molecule has 0 radical (unpaired) electrons. The van der Waals surface area contributed by atoms with Gasteiger partial charge >= 0.3 is 0 Å². The first-order chi connectivity index (χ1) is 14.4. The summed E-state index contributed by atoms with van der Waals surface area (Å²) < 4.78 is 28.3. The maximum absolute atomic E-state index is 13.4. The standard InChI is InChI=1S/C22H29N3O4S/c1-2-21(26)23-13-9-18(10-14-23)22(27)24-12-5-7-19(16-24)30(28,29)25-15-11-17-6-3-4-8-20(17)25/h2-4,6,8,18-19H,1,5,7,9-16H2. The SMILES string of the molecule is C=CC(=O)N1CCC(C(=O)N2CCCC(S(=O)(=O)N3CCc4ccccc43)C2)CC1. The Labute approximate surface area is 178 Å². The lowest BCUT2D eigenvalue weighted by molar-refractivity contribution is -0.140. The Morgan fingerprint density at radius 3 is 2.47 bits per heavy atom. The molecule has 0 N–H and O–H groups in total. The van der Waals surface area contributed by atoms with E-state index in [-0.39, 0.29) is 24.3 Å². The molecule has 7 nitrogen and oxygen atoms in total. The second kappa shape index (κ2) is 8.41. The van der Waals surface area contributed by atoms with Crippen molar-refractivity contribution >= 4 is 27.5 Å². The molecule has 2 amide bonds. The summed E-state index contributed by atoms with van der Waals surface area (Å²) in [6.45, 7) is 5.93. The molecule has 2 fully saturated rings. The van der Waals surface area contributed by atoms with E-state index in [1.54, 1.807) is 14.1 Å². The molecule has 8 heteroatoms. The van der Waals surface area contributed by atoms with Gasteiger partial charge in [-0.3, -0.25) is 13.9 Å². The number of amides is 2. The zero-order chi connectivity index (χ0) is 21.3. The first-order valence-electron chi connectivity index (χ1n) is 10.7. The van der Waals surface area contributed by atoms with Crippen LogP contribution in [-0.4, -0.2) is 68.0 Å². The highest BCUT2D eigenvalue weighted by molar-refractivity contribution is 7.93. The molecule has 1 unspecified atom stereocenters. The average molecular weight is 432 g/mol. The van der Waals surface area contributed by atoms with Crippen LogP contribution in [0.4, 0.5) is 5.69 Å². The zero-order valence-electron chi connectivity index (χ0n) is 17.2. The van der Waals surface area contributed by atoms with Gasteiger partial charge in [0.1, 0.15) is 0 Å². The number of carbonyl (C=O) groups excluding carboxylic acids is 2. The molecular weight excluding hydrogens is 402 g/mol. The summed E-state index contributed by atoms with van der Waals surface area (Å²) in [6, 6.07) is 7.64. The van der Waals surface area contributed by atoms with Crippen LogP contribution in [-0.2, 0) is 26.0 Å². The molecule has 162 valence electrons. The van der Waals surface area contributed by atoms with E-state index in [1.165, 1.54) is 6.08 Å². The van der Waals surface area contributed by atoms with Gasteiger partial charge in [-0.2, -0.15) is 0 Å². The van der Waals surface area contributed by atoms with Gasteiger partial charge in [0.05, 0.1) is 10.9 Å². The molecule has 30 heavy (non-hydrogen) atoms. The van der Waals surface area contributed by atoms with Crippen molar-refractivity contribution in [3.63, 3.8) is 0 Å². The van der Waals surface area contributed by atoms with E-state index in [0.717, 1.165) is 17.7 Å². The minimum Gasteiger partial charge on any atom is -0.341 e. The highest BCUT2D eigenvalue weighted by Gasteiger charge is 2.40. The normalized spacial score (nSPS) is 22.7. The molecule has 0 aromatic heterocycles. The quantitative estimate of drug-likeness (QED) is 0.681. The minimum atomic E-state index is -3.52. The summed E-state index contributed by atoms with van der Waals surface area (Å²) in [4.78, 5) is 28.3. The van der Waals surface area contributed by atoms with Gasteiger partial charge < -0.3 is 9.80 Å². The minimum absolute atomic E-state index is 0.0300. The maximum atomic E-state index is 13.4. The van der Waals surface area contributed by atoms with Gasteiger partial charge in [-0.25, -0.2) is 8.42 Å². The van der Waals surface area contributed by atoms with E-state index in [1.807, 2.05) is 24.3 Å². The number of para-hydroxylation sites is 1. The molecule has 0 spiro atoms. The number of piperidine rings is 2. The van der Waals surface area contributed by atoms with Gasteiger partial charge in [0.15, 0.2) is 0 Å². The Balaban J connectivity index is 1.42. The summed E-state index contributed by atoms with van der Waals surface area (Å²) in [5, 5.41) is -0.566. The van der Waals surface area contributed by atoms with Gasteiger partial charge in [0.2, 0.25) is 21.8 Å². The number of likely N-dealkylation sites (tertiary alicyclic amines) is 2. The van der Waals surface area contributed by atoms with Gasteiger partial charge in [-0.05, 0) is 49.8 Å². The van der Waals surface area contributed by atoms with Crippen molar-refractivity contribution in [1.82, 2.24) is 9.80 Å². The third kappa shape index (κ3) is 3.85. The molecule has 0 bridgehead atoms. The molecule has 3 aliphatic heterocycles. The summed E-state index contributed by atoms with van der Waals surface area (Å²) in [7, 11) is -3.52. The number of hydrogen-bond acceptors (Lipinski definition) is 4. The van der Waals surface area contributed by atoms with Crippen LogP contribution in [0.25, 0.3) is 0 Å². The molecule has 4 rings (SSSR count). The van der Waals surface area contributed by atoms with E-state index in [9.17, 15) is 18.0 Å². The number of carbonyl (C=O) groups is 2. The third-order valence-corrected chi connectivity index (χ3v) is 8.81. The molecule has 1 aromatic carbocycles. The fraction of sp³-hybridized carbons (Fsp3) is 0.545. The van der Waals surface area contributed by atoms with Crippen molar-refractivity contribution in [2.24, 2.45) is 5.92 Å². The van der Waals surface area contributed by atoms with E-state index >= 15 is 0 Å². The van der Waals surface area contributed by atoms with Crippen LogP contribution in [0.15, 0.2) is 36.9 Å². The lowest BCUT2D eigenvalue weighted by Gasteiger charge is -2.38. The second-order valence-corrected chi connectivity index (χ2v) is 10.5. The van der Waals surface area contributed by atoms with Gasteiger partial charge in [-0.15, -0.1) is 0 Å². The molecule has 2 saturated heterocycles. The number of sulfonamides is 1. The first-order valence-corrected chi connectivity index (χ1v) is 12.2. The Kier molecular flexibility index (Phi) is 5.86. The number of hydrogen-bond donors (Lipinski definition) is 0. The first kappa shape index (κ1) is 20.9. The van der Waals surface area contributed by atoms with Crippen molar-refractivity contribution in [3.8, 4) is 0 Å². The maximum Gasteiger partial charge on any atom is 0.245 e. The van der Waals surface area contributed by atoms with E-state index in [4.69, 9.17) is 0 Å². The Morgan fingerprint density at radius 1 is 1.00 bits per heavy atom. The Bertz CT molecular complexity index is 937. The predicted octanol–water partition coefficient (Wildman–Crippen LogP) is 1.79. The van der Waals surface area contributed by atoms with Crippen molar-refractivity contribution in [1.29, 1.82) is 0 Å². The summed E-state index contributed by atoms with van der Waals surface area (Å²) in [6.07, 6.45) is 4.54. The second-order valence-electron chi connectivity index (χ2n) is 8.35. The smallest absolute Gasteiger partial charge is 0.245 e. The summed E-state index contributed by atoms with van der Waals surface area (Å²) >= 11 is 0. The topological polar surface area (TPSA) is 78.0 Å². The third-order valence-electron chi connectivity index (χ3n) is 6.59. The highest BCUT2D eigenvalue weighted by Crippen LogP contribution is 2.33. The number of fused-ring (bicyclic) bond motifs is 1. The van der Waals surface area contributed by atoms with Gasteiger partial charge in [-0.1, -0.05) is 24.8 Å². The van der Waals surface area contributed by atoms with Crippen molar-refractivity contribution < 1.29 is 18.0 Å². The molecule has 3 aliphatic rings. The average Bonchev–Trinajstić information content (AvgIpc) is 3.23. The molecule has 1 atom stereocenters. The van der Waals surface area contributed by atoms with Crippen molar-refractivity contribution in [2.75, 3.05) is 37.0 Å². The number of rotatable bonds is 4. The molecule has 1 aromatic rings. The lowest BCUT2D eigenvalue weighted by atomic mass is 9.94. The summed E-state index contributed by atoms with van der Waals surface area (Å²) in [5.41, 5.74) is 1.84. The predicted molar refractivity (Wildman–Crippen MR) is 116 cm³/mol. The number of benzene rings is 1. The van der Waals surface area contributed by atoms with Crippen LogP contribution in [0, 0.1) is 5.92 Å². The number of nitrogens with zero attached hydrogens (tertiary/aromatic N) is 3. The summed E-state index contributed by atoms with van der Waals surface area (Å²) in [5.74, 6) is -0.217. The van der Waals surface area contributed by atoms with Crippen LogP contribution in [0.2, 0.25) is 0 Å². The van der Waals surface area contributed by atoms with Gasteiger partial charge in [0.25, 0.3) is 0 Å². The molecule has 0 aliphatic carbocycles.